The normalized spacial score (nSPS) is 16.1. The minimum Gasteiger partial charge on any atom is -0.492 e. The van der Waals surface area contributed by atoms with Crippen LogP contribution in [0.15, 0.2) is 66.7 Å². The number of methoxy groups -OCH3 is 1. The van der Waals surface area contributed by atoms with Gasteiger partial charge in [0.25, 0.3) is 5.91 Å². The Morgan fingerprint density at radius 2 is 1.74 bits per heavy atom. The molecule has 1 amide bonds. The summed E-state index contributed by atoms with van der Waals surface area (Å²) in [5.74, 6) is 0.259. The van der Waals surface area contributed by atoms with E-state index in [2.05, 4.69) is 50.4 Å². The molecule has 3 aromatic carbocycles. The van der Waals surface area contributed by atoms with Gasteiger partial charge in [0.1, 0.15) is 12.2 Å². The second-order valence-electron chi connectivity index (χ2n) is 12.6. The Bertz CT molecular complexity index is 1450. The van der Waals surface area contributed by atoms with Gasteiger partial charge in [-0.15, -0.1) is 12.4 Å². The van der Waals surface area contributed by atoms with Crippen molar-refractivity contribution >= 4 is 41.6 Å². The molecule has 0 fully saturated rings. The van der Waals surface area contributed by atoms with Crippen LogP contribution in [0.5, 0.6) is 11.5 Å². The third-order valence-corrected chi connectivity index (χ3v) is 7.84. The van der Waals surface area contributed by atoms with Crippen LogP contribution in [-0.4, -0.2) is 57.9 Å². The first-order chi connectivity index (χ1) is 22.1. The third kappa shape index (κ3) is 10.9. The Balaban J connectivity index is 0.00000600. The monoisotopic (exact) mass is 686 g/mol. The second kappa shape index (κ2) is 18.3. The first kappa shape index (κ1) is 38.2. The number of nitrogens with one attached hydrogen (secondary N) is 1. The van der Waals surface area contributed by atoms with Crippen LogP contribution in [0.25, 0.3) is 0 Å². The summed E-state index contributed by atoms with van der Waals surface area (Å²) in [6, 6.07) is 21.5. The number of fused-ring (bicyclic) bond motifs is 1. The van der Waals surface area contributed by atoms with E-state index in [1.165, 1.54) is 5.56 Å². The van der Waals surface area contributed by atoms with Crippen molar-refractivity contribution in [1.82, 2.24) is 5.32 Å². The summed E-state index contributed by atoms with van der Waals surface area (Å²) in [5.41, 5.74) is 3.16. The van der Waals surface area contributed by atoms with E-state index in [1.54, 1.807) is 25.0 Å². The Kier molecular flexibility index (Phi) is 14.9. The number of carbonyl (C=O) groups excluding carboxylic acids is 2. The van der Waals surface area contributed by atoms with Gasteiger partial charge >= 0.3 is 5.97 Å². The highest BCUT2D eigenvalue weighted by Crippen LogP contribution is 2.45. The number of aryl methyl sites for hydroxylation is 1. The Labute approximate surface area is 290 Å². The zero-order valence-corrected chi connectivity index (χ0v) is 29.6. The van der Waals surface area contributed by atoms with Crippen molar-refractivity contribution in [2.75, 3.05) is 44.9 Å². The van der Waals surface area contributed by atoms with Crippen LogP contribution in [0, 0.1) is 5.41 Å². The predicted octanol–water partition coefficient (Wildman–Crippen LogP) is 7.58. The summed E-state index contributed by atoms with van der Waals surface area (Å²) >= 11 is 6.53. The first-order valence-electron chi connectivity index (χ1n) is 16.1. The van der Waals surface area contributed by atoms with E-state index in [-0.39, 0.29) is 36.8 Å². The lowest BCUT2D eigenvalue weighted by atomic mass is 9.94. The van der Waals surface area contributed by atoms with Gasteiger partial charge in [0, 0.05) is 28.4 Å². The number of para-hydroxylation sites is 1. The number of halogens is 2. The van der Waals surface area contributed by atoms with Crippen molar-refractivity contribution in [1.29, 1.82) is 0 Å². The highest BCUT2D eigenvalue weighted by Gasteiger charge is 2.40. The average Bonchev–Trinajstić information content (AvgIpc) is 3.12. The van der Waals surface area contributed by atoms with Crippen molar-refractivity contribution in [3.05, 3.63) is 88.4 Å². The smallest absolute Gasteiger partial charge is 0.308 e. The predicted molar refractivity (Wildman–Crippen MR) is 189 cm³/mol. The molecule has 1 aliphatic heterocycles. The van der Waals surface area contributed by atoms with Crippen LogP contribution >= 0.6 is 24.0 Å². The van der Waals surface area contributed by atoms with Gasteiger partial charge in [0.2, 0.25) is 0 Å². The first-order valence-corrected chi connectivity index (χ1v) is 16.4. The molecule has 0 aromatic heterocycles. The Morgan fingerprint density at radius 1 is 1.00 bits per heavy atom. The molecule has 8 nitrogen and oxygen atoms in total. The van der Waals surface area contributed by atoms with E-state index in [0.29, 0.717) is 46.5 Å². The number of amides is 1. The van der Waals surface area contributed by atoms with Gasteiger partial charge in [-0.3, -0.25) is 9.59 Å². The fourth-order valence-electron chi connectivity index (χ4n) is 5.59. The minimum absolute atomic E-state index is 0. The molecule has 4 rings (SSSR count). The van der Waals surface area contributed by atoms with Crippen LogP contribution in [0.2, 0.25) is 5.02 Å². The Hall–Kier alpha value is -3.30. The van der Waals surface area contributed by atoms with Crippen molar-refractivity contribution in [2.24, 2.45) is 5.41 Å². The maximum Gasteiger partial charge on any atom is 0.308 e. The average molecular weight is 688 g/mol. The van der Waals surface area contributed by atoms with Gasteiger partial charge in [0.05, 0.1) is 26.7 Å². The topological polar surface area (TPSA) is 86.3 Å². The molecule has 256 valence electrons. The summed E-state index contributed by atoms with van der Waals surface area (Å²) in [6.45, 7) is 10.8. The third-order valence-electron chi connectivity index (χ3n) is 7.61. The minimum atomic E-state index is -1.08. The summed E-state index contributed by atoms with van der Waals surface area (Å²) in [7, 11) is 1.59. The molecule has 10 heteroatoms. The maximum atomic E-state index is 14.0. The molecule has 2 atom stereocenters. The van der Waals surface area contributed by atoms with Crippen LogP contribution in [0.1, 0.15) is 69.8 Å². The van der Waals surface area contributed by atoms with Gasteiger partial charge in [-0.25, -0.2) is 0 Å². The number of esters is 1. The quantitative estimate of drug-likeness (QED) is 0.130. The molecule has 3 aromatic rings. The SMILES string of the molecule is CCOC(=O)C[C@@H]1O[C@@H](c2cccc(OCCCNCCCc3ccccc3)c2OC)c2cc(Cl)ccc2N(CC(C)(C)C)C1=O.Cl. The molecule has 47 heavy (non-hydrogen) atoms. The summed E-state index contributed by atoms with van der Waals surface area (Å²) in [6.07, 6.45) is 0.857. The van der Waals surface area contributed by atoms with Crippen LogP contribution in [0.3, 0.4) is 0 Å². The lowest BCUT2D eigenvalue weighted by molar-refractivity contribution is -0.151. The maximum absolute atomic E-state index is 14.0. The van der Waals surface area contributed by atoms with E-state index < -0.39 is 18.2 Å². The van der Waals surface area contributed by atoms with E-state index in [9.17, 15) is 9.59 Å². The fourth-order valence-corrected chi connectivity index (χ4v) is 5.77. The lowest BCUT2D eigenvalue weighted by Crippen LogP contribution is -2.44. The number of carbonyl (C=O) groups is 2. The highest BCUT2D eigenvalue weighted by molar-refractivity contribution is 6.30. The summed E-state index contributed by atoms with van der Waals surface area (Å²) < 4.78 is 23.9. The molecule has 0 bridgehead atoms. The van der Waals surface area contributed by atoms with Crippen molar-refractivity contribution in [3.8, 4) is 11.5 Å². The van der Waals surface area contributed by atoms with E-state index in [4.69, 9.17) is 30.5 Å². The van der Waals surface area contributed by atoms with E-state index >= 15 is 0 Å². The van der Waals surface area contributed by atoms with Gasteiger partial charge in [-0.05, 0) is 74.5 Å². The number of anilines is 1. The van der Waals surface area contributed by atoms with Crippen LogP contribution < -0.4 is 19.7 Å². The number of hydrogen-bond donors (Lipinski definition) is 1. The van der Waals surface area contributed by atoms with Gasteiger partial charge in [-0.2, -0.15) is 0 Å². The summed E-state index contributed by atoms with van der Waals surface area (Å²) in [4.78, 5) is 28.4. The molecule has 0 saturated heterocycles. The Morgan fingerprint density at radius 3 is 2.45 bits per heavy atom. The van der Waals surface area contributed by atoms with Gasteiger partial charge < -0.3 is 29.2 Å². The molecular formula is C37H48Cl2N2O6. The van der Waals surface area contributed by atoms with Crippen LogP contribution in [-0.2, 0) is 25.5 Å². The standard InChI is InChI=1S/C37H47ClN2O6.ClH/c1-6-44-33(41)24-32-36(42)40(25-37(2,3)4)30-19-18-27(38)23-29(30)34(46-32)28-16-10-17-31(35(28)43-5)45-22-12-21-39-20-11-15-26-13-8-7-9-14-26;/h7-10,13-14,16-19,23,32,34,39H,6,11-12,15,20-22,24-25H2,1-5H3;1H/t32-,34-;/m0./s1. The summed E-state index contributed by atoms with van der Waals surface area (Å²) in [5, 5.41) is 3.99. The molecule has 0 unspecified atom stereocenters. The number of ether oxygens (including phenoxy) is 4. The fraction of sp³-hybridized carbons (Fsp3) is 0.459. The molecular weight excluding hydrogens is 639 g/mol. The molecule has 0 aliphatic carbocycles. The number of benzene rings is 3. The largest absolute Gasteiger partial charge is 0.492 e. The van der Waals surface area contributed by atoms with Crippen LogP contribution in [0.4, 0.5) is 5.69 Å². The zero-order chi connectivity index (χ0) is 33.1. The van der Waals surface area contributed by atoms with Crippen molar-refractivity contribution in [3.63, 3.8) is 0 Å². The molecule has 0 spiro atoms. The number of rotatable bonds is 15. The molecule has 0 saturated carbocycles. The highest BCUT2D eigenvalue weighted by atomic mass is 35.5. The van der Waals surface area contributed by atoms with E-state index in [1.807, 2.05) is 36.4 Å². The second-order valence-corrected chi connectivity index (χ2v) is 13.1. The molecule has 1 heterocycles. The van der Waals surface area contributed by atoms with Gasteiger partial charge in [-0.1, -0.05) is 74.8 Å². The molecule has 1 N–H and O–H groups in total. The lowest BCUT2D eigenvalue weighted by Gasteiger charge is -2.31. The number of hydrogen-bond acceptors (Lipinski definition) is 7. The van der Waals surface area contributed by atoms with Gasteiger partial charge in [0.15, 0.2) is 11.5 Å². The molecule has 1 aliphatic rings. The molecule has 0 radical (unpaired) electrons. The number of nitrogens with zero attached hydrogens (tertiary/aromatic N) is 1. The zero-order valence-electron chi connectivity index (χ0n) is 28.1. The van der Waals surface area contributed by atoms with E-state index in [0.717, 1.165) is 32.4 Å². The van der Waals surface area contributed by atoms with Crippen molar-refractivity contribution < 1.29 is 28.5 Å². The van der Waals surface area contributed by atoms with Crippen molar-refractivity contribution in [2.45, 2.75) is 65.6 Å².